The molecule has 0 unspecified atom stereocenters. The molecule has 12 nitrogen and oxygen atoms in total. The van der Waals surface area contributed by atoms with Crippen LogP contribution in [0.3, 0.4) is 0 Å². The van der Waals surface area contributed by atoms with E-state index in [9.17, 15) is 22.8 Å². The largest absolute Gasteiger partial charge is 0.493 e. The zero-order valence-electron chi connectivity index (χ0n) is 26.4. The normalized spacial score (nSPS) is 17.1. The lowest BCUT2D eigenvalue weighted by Gasteiger charge is -2.19. The first kappa shape index (κ1) is 32.6. The van der Waals surface area contributed by atoms with Crippen LogP contribution in [0.4, 0.5) is 17.1 Å². The number of rotatable bonds is 9. The highest BCUT2D eigenvalue weighted by molar-refractivity contribution is 7.93. The summed E-state index contributed by atoms with van der Waals surface area (Å²) in [7, 11) is 1.29. The van der Waals surface area contributed by atoms with E-state index in [1.807, 2.05) is 6.07 Å². The maximum atomic E-state index is 13.6. The molecule has 46 heavy (non-hydrogen) atoms. The molecule has 5 rings (SSSR count). The highest BCUT2D eigenvalue weighted by Gasteiger charge is 2.30. The van der Waals surface area contributed by atoms with Crippen molar-refractivity contribution in [2.75, 3.05) is 48.6 Å². The lowest BCUT2D eigenvalue weighted by Crippen LogP contribution is -2.33. The van der Waals surface area contributed by atoms with Crippen LogP contribution in [0.1, 0.15) is 43.9 Å². The fourth-order valence-electron chi connectivity index (χ4n) is 6.02. The molecule has 0 spiro atoms. The number of fused-ring (bicyclic) bond motifs is 3. The van der Waals surface area contributed by atoms with Crippen molar-refractivity contribution in [1.82, 2.24) is 5.32 Å². The number of aryl methyl sites for hydroxylation is 1. The second kappa shape index (κ2) is 13.3. The lowest BCUT2D eigenvalue weighted by atomic mass is 9.95. The van der Waals surface area contributed by atoms with Crippen LogP contribution in [0.25, 0.3) is 11.1 Å². The van der Waals surface area contributed by atoms with Crippen molar-refractivity contribution < 1.29 is 32.2 Å². The van der Waals surface area contributed by atoms with Crippen LogP contribution >= 0.6 is 0 Å². The Balaban J connectivity index is 1.46. The first-order valence-corrected chi connectivity index (χ1v) is 16.5. The third-order valence-electron chi connectivity index (χ3n) is 8.20. The predicted octanol–water partition coefficient (Wildman–Crippen LogP) is 3.84. The molecule has 0 saturated carbocycles. The van der Waals surface area contributed by atoms with Crippen LogP contribution in [-0.2, 0) is 26.0 Å². The molecular formula is C33H38N4O8S. The Morgan fingerprint density at radius 2 is 1.70 bits per heavy atom. The fourth-order valence-corrected chi connectivity index (χ4v) is 7.58. The molecule has 1 heterocycles. The number of amides is 2. The van der Waals surface area contributed by atoms with E-state index in [1.54, 1.807) is 50.4 Å². The number of sulfonamides is 1. The summed E-state index contributed by atoms with van der Waals surface area (Å²) in [5.74, 6) is 0.833. The van der Waals surface area contributed by atoms with Gasteiger partial charge < -0.3 is 30.2 Å². The van der Waals surface area contributed by atoms with Crippen LogP contribution in [0.5, 0.6) is 17.2 Å². The maximum Gasteiger partial charge on any atom is 0.246 e. The summed E-state index contributed by atoms with van der Waals surface area (Å²) in [6.07, 6.45) is 1.66. The number of anilines is 3. The van der Waals surface area contributed by atoms with E-state index in [-0.39, 0.29) is 22.8 Å². The van der Waals surface area contributed by atoms with E-state index in [4.69, 9.17) is 14.2 Å². The van der Waals surface area contributed by atoms with E-state index in [0.717, 1.165) is 11.1 Å². The van der Waals surface area contributed by atoms with Gasteiger partial charge in [0.1, 0.15) is 6.04 Å². The third-order valence-corrected chi connectivity index (χ3v) is 10.1. The topological polar surface area (TPSA) is 152 Å². The minimum atomic E-state index is -3.31. The first-order valence-electron chi connectivity index (χ1n) is 14.9. The van der Waals surface area contributed by atoms with Gasteiger partial charge >= 0.3 is 0 Å². The van der Waals surface area contributed by atoms with Gasteiger partial charge in [-0.05, 0) is 85.3 Å². The molecule has 1 aliphatic carbocycles. The van der Waals surface area contributed by atoms with Crippen molar-refractivity contribution in [1.29, 1.82) is 0 Å². The zero-order chi connectivity index (χ0) is 33.2. The number of nitrogens with one attached hydrogen (secondary N) is 3. The first-order chi connectivity index (χ1) is 22.0. The lowest BCUT2D eigenvalue weighted by molar-refractivity contribution is -0.119. The number of hydrogen-bond acceptors (Lipinski definition) is 9. The zero-order valence-corrected chi connectivity index (χ0v) is 27.2. The molecule has 1 saturated heterocycles. The summed E-state index contributed by atoms with van der Waals surface area (Å²) in [6.45, 7) is 3.49. The molecule has 0 radical (unpaired) electrons. The fraction of sp³-hybridized carbons (Fsp3) is 0.364. The van der Waals surface area contributed by atoms with Gasteiger partial charge in [0.25, 0.3) is 0 Å². The van der Waals surface area contributed by atoms with Crippen LogP contribution in [0.15, 0.2) is 53.3 Å². The molecule has 244 valence electrons. The van der Waals surface area contributed by atoms with Crippen molar-refractivity contribution >= 4 is 38.9 Å². The number of carbonyl (C=O) groups is 2. The Hall–Kier alpha value is -4.78. The maximum absolute atomic E-state index is 13.6. The van der Waals surface area contributed by atoms with Gasteiger partial charge in [-0.25, -0.2) is 8.42 Å². The van der Waals surface area contributed by atoms with Crippen molar-refractivity contribution in [3.8, 4) is 28.4 Å². The Labute approximate surface area is 268 Å². The van der Waals surface area contributed by atoms with Gasteiger partial charge in [-0.15, -0.1) is 0 Å². The number of hydrogen-bond donors (Lipinski definition) is 3. The molecule has 3 N–H and O–H groups in total. The average Bonchev–Trinajstić information content (AvgIpc) is 3.22. The van der Waals surface area contributed by atoms with E-state index >= 15 is 0 Å². The van der Waals surface area contributed by atoms with Crippen LogP contribution in [0.2, 0.25) is 0 Å². The Morgan fingerprint density at radius 1 is 0.978 bits per heavy atom. The molecule has 3 aromatic carbocycles. The Kier molecular flexibility index (Phi) is 9.42. The molecule has 2 amide bonds. The van der Waals surface area contributed by atoms with Gasteiger partial charge in [0.2, 0.25) is 33.0 Å². The third kappa shape index (κ3) is 6.45. The number of nitrogens with zero attached hydrogens (tertiary/aromatic N) is 1. The minimum absolute atomic E-state index is 0.119. The number of carbonyl (C=O) groups excluding carboxylic acids is 2. The average molecular weight is 651 g/mol. The summed E-state index contributed by atoms with van der Waals surface area (Å²) in [5, 5.41) is 8.82. The minimum Gasteiger partial charge on any atom is -0.493 e. The van der Waals surface area contributed by atoms with Gasteiger partial charge in [-0.3, -0.25) is 18.7 Å². The summed E-state index contributed by atoms with van der Waals surface area (Å²) in [5.41, 5.74) is 3.75. The van der Waals surface area contributed by atoms with Gasteiger partial charge in [0.15, 0.2) is 11.5 Å². The molecule has 2 aliphatic rings. The van der Waals surface area contributed by atoms with Gasteiger partial charge in [0, 0.05) is 24.7 Å². The van der Waals surface area contributed by atoms with E-state index in [0.29, 0.717) is 65.6 Å². The van der Waals surface area contributed by atoms with Crippen molar-refractivity contribution in [2.45, 2.75) is 45.2 Å². The molecule has 1 fully saturated rings. The second-order valence-corrected chi connectivity index (χ2v) is 13.3. The van der Waals surface area contributed by atoms with Gasteiger partial charge in [0.05, 0.1) is 44.5 Å². The van der Waals surface area contributed by atoms with Crippen LogP contribution < -0.4 is 39.9 Å². The van der Waals surface area contributed by atoms with Crippen molar-refractivity contribution in [3.05, 3.63) is 69.9 Å². The second-order valence-electron chi connectivity index (χ2n) is 11.2. The molecule has 3 aromatic rings. The summed E-state index contributed by atoms with van der Waals surface area (Å²) in [6, 6.07) is 12.1. The number of ether oxygens (including phenoxy) is 3. The summed E-state index contributed by atoms with van der Waals surface area (Å²) in [4.78, 5) is 39.0. The molecule has 2 atom stereocenters. The Bertz CT molecular complexity index is 1830. The molecule has 1 aliphatic heterocycles. The summed E-state index contributed by atoms with van der Waals surface area (Å²) >= 11 is 0. The van der Waals surface area contributed by atoms with Crippen LogP contribution in [0, 0.1) is 0 Å². The molecular weight excluding hydrogens is 612 g/mol. The van der Waals surface area contributed by atoms with Gasteiger partial charge in [-0.2, -0.15) is 0 Å². The van der Waals surface area contributed by atoms with E-state index in [1.165, 1.54) is 31.5 Å². The molecule has 0 aromatic heterocycles. The van der Waals surface area contributed by atoms with Crippen molar-refractivity contribution in [2.24, 2.45) is 0 Å². The standard InChI is InChI=1S/C33H38N4O8S/c1-19(33(40)36-22-8-10-23(11-9-22)37-15-6-16-46(37,41)42)34-27-14-12-24-25(18-28(27)39)26(35-20(2)38)13-7-21-17-29(43-3)31(44-4)32(45-5)30(21)24/h8-12,14,17-19,26H,6-7,13,15-16H2,1-5H3,(H,34,39)(H,35,38)(H,36,40)/t19-,26-/m0/s1. The molecule has 13 heteroatoms. The highest BCUT2D eigenvalue weighted by Crippen LogP contribution is 2.50. The van der Waals surface area contributed by atoms with E-state index in [2.05, 4.69) is 16.0 Å². The molecule has 0 bridgehead atoms. The van der Waals surface area contributed by atoms with Gasteiger partial charge in [-0.1, -0.05) is 6.07 Å². The predicted molar refractivity (Wildman–Crippen MR) is 177 cm³/mol. The Morgan fingerprint density at radius 3 is 2.30 bits per heavy atom. The van der Waals surface area contributed by atoms with Crippen LogP contribution in [-0.4, -0.2) is 59.9 Å². The smallest absolute Gasteiger partial charge is 0.246 e. The monoisotopic (exact) mass is 650 g/mol. The quantitative estimate of drug-likeness (QED) is 0.314. The van der Waals surface area contributed by atoms with E-state index < -0.39 is 28.0 Å². The summed E-state index contributed by atoms with van der Waals surface area (Å²) < 4.78 is 42.9. The number of methoxy groups -OCH3 is 3. The van der Waals surface area contributed by atoms with Crippen molar-refractivity contribution in [3.63, 3.8) is 0 Å². The highest BCUT2D eigenvalue weighted by atomic mass is 32.2. The SMILES string of the molecule is COc1cc2c(c(OC)c1OC)-c1ccc(N[C@@H](C)C(=O)Nc3ccc(N4CCCS4(=O)=O)cc3)c(=O)cc1[C@@H](NC(C)=O)CC2. The number of benzene rings is 2.